The van der Waals surface area contributed by atoms with Crippen molar-refractivity contribution < 1.29 is 0 Å². The SMILES string of the molecule is CN(C)[C@H]1CC[C@H](N)C(C)(C)C1. The third kappa shape index (κ3) is 1.99. The van der Waals surface area contributed by atoms with Crippen LogP contribution in [0.15, 0.2) is 0 Å². The maximum Gasteiger partial charge on any atom is 0.00954 e. The lowest BCUT2D eigenvalue weighted by molar-refractivity contribution is 0.111. The van der Waals surface area contributed by atoms with Crippen molar-refractivity contribution in [2.45, 2.75) is 45.2 Å². The summed E-state index contributed by atoms with van der Waals surface area (Å²) in [5.74, 6) is 0. The molecule has 0 heterocycles. The van der Waals surface area contributed by atoms with Crippen molar-refractivity contribution in [3.63, 3.8) is 0 Å². The summed E-state index contributed by atoms with van der Waals surface area (Å²) in [6.45, 7) is 4.57. The second-order valence-electron chi connectivity index (χ2n) is 4.99. The Bertz CT molecular complexity index is 152. The standard InChI is InChI=1S/C10H22N2/c1-10(2)7-8(12(3)4)5-6-9(10)11/h8-9H,5-7,11H2,1-4H3/t8-,9-/m0/s1. The molecule has 0 aromatic carbocycles. The molecular formula is C10H22N2. The van der Waals surface area contributed by atoms with E-state index in [-0.39, 0.29) is 0 Å². The van der Waals surface area contributed by atoms with Crippen molar-refractivity contribution in [1.82, 2.24) is 4.90 Å². The van der Waals surface area contributed by atoms with Crippen LogP contribution in [0.5, 0.6) is 0 Å². The van der Waals surface area contributed by atoms with Crippen molar-refractivity contribution in [3.05, 3.63) is 0 Å². The highest BCUT2D eigenvalue weighted by Crippen LogP contribution is 2.35. The van der Waals surface area contributed by atoms with E-state index < -0.39 is 0 Å². The van der Waals surface area contributed by atoms with E-state index >= 15 is 0 Å². The molecule has 2 heteroatoms. The molecule has 0 aliphatic heterocycles. The van der Waals surface area contributed by atoms with Gasteiger partial charge in [-0.05, 0) is 38.8 Å². The lowest BCUT2D eigenvalue weighted by atomic mass is 9.71. The van der Waals surface area contributed by atoms with Crippen LogP contribution in [0.3, 0.4) is 0 Å². The first kappa shape index (κ1) is 10.0. The van der Waals surface area contributed by atoms with Crippen molar-refractivity contribution in [1.29, 1.82) is 0 Å². The van der Waals surface area contributed by atoms with Gasteiger partial charge in [0.05, 0.1) is 0 Å². The van der Waals surface area contributed by atoms with E-state index in [0.29, 0.717) is 11.5 Å². The first-order valence-electron chi connectivity index (χ1n) is 4.85. The van der Waals surface area contributed by atoms with E-state index in [9.17, 15) is 0 Å². The van der Waals surface area contributed by atoms with E-state index in [4.69, 9.17) is 5.73 Å². The van der Waals surface area contributed by atoms with Crippen molar-refractivity contribution in [3.8, 4) is 0 Å². The molecule has 2 atom stereocenters. The molecule has 2 nitrogen and oxygen atoms in total. The van der Waals surface area contributed by atoms with Gasteiger partial charge in [-0.2, -0.15) is 0 Å². The van der Waals surface area contributed by atoms with Gasteiger partial charge < -0.3 is 10.6 Å². The summed E-state index contributed by atoms with van der Waals surface area (Å²) in [6, 6.07) is 1.13. The van der Waals surface area contributed by atoms with Gasteiger partial charge in [-0.1, -0.05) is 13.8 Å². The molecule has 1 aliphatic rings. The summed E-state index contributed by atoms with van der Waals surface area (Å²) in [4.78, 5) is 2.33. The second kappa shape index (κ2) is 3.35. The largest absolute Gasteiger partial charge is 0.327 e. The van der Waals surface area contributed by atoms with Crippen LogP contribution >= 0.6 is 0 Å². The molecule has 0 radical (unpaired) electrons. The Hall–Kier alpha value is -0.0800. The predicted molar refractivity (Wildman–Crippen MR) is 53.1 cm³/mol. The highest BCUT2D eigenvalue weighted by Gasteiger charge is 2.34. The molecule has 2 N–H and O–H groups in total. The van der Waals surface area contributed by atoms with E-state index in [1.165, 1.54) is 19.3 Å². The Morgan fingerprint density at radius 2 is 1.83 bits per heavy atom. The maximum absolute atomic E-state index is 6.06. The highest BCUT2D eigenvalue weighted by molar-refractivity contribution is 4.91. The Labute approximate surface area is 76.1 Å². The van der Waals surface area contributed by atoms with Crippen LogP contribution in [-0.2, 0) is 0 Å². The van der Waals surface area contributed by atoms with Gasteiger partial charge in [0.25, 0.3) is 0 Å². The summed E-state index contributed by atoms with van der Waals surface area (Å²) in [6.07, 6.45) is 3.68. The molecule has 0 unspecified atom stereocenters. The van der Waals surface area contributed by atoms with Gasteiger partial charge in [-0.15, -0.1) is 0 Å². The molecule has 1 saturated carbocycles. The number of rotatable bonds is 1. The quantitative estimate of drug-likeness (QED) is 0.645. The number of hydrogen-bond acceptors (Lipinski definition) is 2. The molecule has 0 bridgehead atoms. The van der Waals surface area contributed by atoms with Crippen LogP contribution in [-0.4, -0.2) is 31.1 Å². The average Bonchev–Trinajstić information content (AvgIpc) is 1.94. The Morgan fingerprint density at radius 3 is 2.25 bits per heavy atom. The summed E-state index contributed by atoms with van der Waals surface area (Å²) in [5.41, 5.74) is 6.38. The Morgan fingerprint density at radius 1 is 1.25 bits per heavy atom. The predicted octanol–water partition coefficient (Wildman–Crippen LogP) is 1.45. The zero-order chi connectivity index (χ0) is 9.35. The van der Waals surface area contributed by atoms with Crippen molar-refractivity contribution >= 4 is 0 Å². The molecule has 1 rings (SSSR count). The zero-order valence-electron chi connectivity index (χ0n) is 8.80. The van der Waals surface area contributed by atoms with E-state index in [2.05, 4.69) is 32.8 Å². The Balaban J connectivity index is 2.57. The van der Waals surface area contributed by atoms with Gasteiger partial charge in [-0.25, -0.2) is 0 Å². The van der Waals surface area contributed by atoms with Crippen molar-refractivity contribution in [2.24, 2.45) is 11.1 Å². The second-order valence-corrected chi connectivity index (χ2v) is 4.99. The van der Waals surface area contributed by atoms with Gasteiger partial charge in [0, 0.05) is 12.1 Å². The van der Waals surface area contributed by atoms with Crippen LogP contribution in [0, 0.1) is 5.41 Å². The first-order chi connectivity index (χ1) is 5.43. The summed E-state index contributed by atoms with van der Waals surface area (Å²) in [5, 5.41) is 0. The summed E-state index contributed by atoms with van der Waals surface area (Å²) < 4.78 is 0. The molecular weight excluding hydrogens is 148 g/mol. The van der Waals surface area contributed by atoms with Gasteiger partial charge in [0.2, 0.25) is 0 Å². The lowest BCUT2D eigenvalue weighted by Crippen LogP contribution is -2.47. The third-order valence-corrected chi connectivity index (χ3v) is 3.31. The monoisotopic (exact) mass is 170 g/mol. The van der Waals surface area contributed by atoms with Crippen LogP contribution in [0.4, 0.5) is 0 Å². The van der Waals surface area contributed by atoms with Crippen LogP contribution in [0.2, 0.25) is 0 Å². The summed E-state index contributed by atoms with van der Waals surface area (Å²) >= 11 is 0. The fourth-order valence-electron chi connectivity index (χ4n) is 2.06. The van der Waals surface area contributed by atoms with Crippen LogP contribution in [0.1, 0.15) is 33.1 Å². The Kier molecular flexibility index (Phi) is 2.79. The van der Waals surface area contributed by atoms with Crippen LogP contribution in [0.25, 0.3) is 0 Å². The van der Waals surface area contributed by atoms with E-state index in [1.807, 2.05) is 0 Å². The molecule has 0 saturated heterocycles. The summed E-state index contributed by atoms with van der Waals surface area (Å²) in [7, 11) is 4.33. The fourth-order valence-corrected chi connectivity index (χ4v) is 2.06. The van der Waals surface area contributed by atoms with Gasteiger partial charge in [0.1, 0.15) is 0 Å². The number of nitrogens with zero attached hydrogens (tertiary/aromatic N) is 1. The molecule has 1 fully saturated rings. The zero-order valence-corrected chi connectivity index (χ0v) is 8.80. The van der Waals surface area contributed by atoms with Gasteiger partial charge in [0.15, 0.2) is 0 Å². The van der Waals surface area contributed by atoms with E-state index in [1.54, 1.807) is 0 Å². The molecule has 0 amide bonds. The number of nitrogens with two attached hydrogens (primary N) is 1. The van der Waals surface area contributed by atoms with E-state index in [0.717, 1.165) is 6.04 Å². The minimum Gasteiger partial charge on any atom is -0.327 e. The molecule has 0 aromatic heterocycles. The molecule has 1 aliphatic carbocycles. The lowest BCUT2D eigenvalue weighted by Gasteiger charge is -2.42. The maximum atomic E-state index is 6.06. The molecule has 12 heavy (non-hydrogen) atoms. The highest BCUT2D eigenvalue weighted by atomic mass is 15.1. The van der Waals surface area contributed by atoms with Gasteiger partial charge in [-0.3, -0.25) is 0 Å². The van der Waals surface area contributed by atoms with Gasteiger partial charge >= 0.3 is 0 Å². The molecule has 0 aromatic rings. The minimum absolute atomic E-state index is 0.327. The first-order valence-corrected chi connectivity index (χ1v) is 4.85. The topological polar surface area (TPSA) is 29.3 Å². The smallest absolute Gasteiger partial charge is 0.00954 e. The normalized spacial score (nSPS) is 35.5. The van der Waals surface area contributed by atoms with Crippen molar-refractivity contribution in [2.75, 3.05) is 14.1 Å². The third-order valence-electron chi connectivity index (χ3n) is 3.31. The minimum atomic E-state index is 0.327. The number of hydrogen-bond donors (Lipinski definition) is 1. The molecule has 72 valence electrons. The van der Waals surface area contributed by atoms with Crippen LogP contribution < -0.4 is 5.73 Å². The molecule has 0 spiro atoms. The fraction of sp³-hybridized carbons (Fsp3) is 1.00. The average molecular weight is 170 g/mol.